The van der Waals surface area contributed by atoms with Crippen LogP contribution in [0.2, 0.25) is 0 Å². The number of rotatable bonds is 5. The van der Waals surface area contributed by atoms with Crippen molar-refractivity contribution < 1.29 is 24.5 Å². The molecule has 3 aromatic carbocycles. The summed E-state index contributed by atoms with van der Waals surface area (Å²) in [5.74, 6) is 1.46. The van der Waals surface area contributed by atoms with Crippen LogP contribution < -0.4 is 14.8 Å². The number of ether oxygens (including phenoxy) is 2. The van der Waals surface area contributed by atoms with Gasteiger partial charge in [0.1, 0.15) is 17.5 Å². The van der Waals surface area contributed by atoms with Crippen LogP contribution in [0.1, 0.15) is 63.0 Å². The molecule has 2 bridgehead atoms. The molecular formula is C35H38N4O5. The molecule has 0 saturated carbocycles. The molecule has 228 valence electrons. The number of phenolic OH excluding ortho intramolecular Hbond substituents is 2. The van der Waals surface area contributed by atoms with E-state index in [1.807, 2.05) is 58.2 Å². The molecule has 1 saturated heterocycles. The normalized spacial score (nSPS) is 25.0. The first kappa shape index (κ1) is 28.5. The summed E-state index contributed by atoms with van der Waals surface area (Å²) in [5.41, 5.74) is 7.07. The number of nitriles is 1. The second kappa shape index (κ2) is 10.7. The number of likely N-dealkylation sites (N-methyl/N-ethyl adjacent to an activating group) is 1. The van der Waals surface area contributed by atoms with Crippen LogP contribution >= 0.6 is 0 Å². The van der Waals surface area contributed by atoms with Crippen molar-refractivity contribution in [2.24, 2.45) is 0 Å². The minimum Gasteiger partial charge on any atom is -0.507 e. The molecule has 4 heterocycles. The lowest BCUT2D eigenvalue weighted by atomic mass is 9.71. The van der Waals surface area contributed by atoms with E-state index in [1.54, 1.807) is 0 Å². The largest absolute Gasteiger partial charge is 0.507 e. The fourth-order valence-electron chi connectivity index (χ4n) is 8.11. The Kier molecular flexibility index (Phi) is 6.95. The van der Waals surface area contributed by atoms with Crippen molar-refractivity contribution >= 4 is 5.91 Å². The Bertz CT molecular complexity index is 1700. The number of piperazine rings is 1. The first-order valence-corrected chi connectivity index (χ1v) is 15.4. The number of nitrogens with zero attached hydrogens (tertiary/aromatic N) is 3. The third kappa shape index (κ3) is 4.23. The van der Waals surface area contributed by atoms with Crippen molar-refractivity contribution in [1.29, 1.82) is 5.26 Å². The van der Waals surface area contributed by atoms with Crippen LogP contribution in [-0.2, 0) is 24.1 Å². The van der Waals surface area contributed by atoms with Gasteiger partial charge < -0.3 is 25.0 Å². The Hall–Kier alpha value is -4.26. The summed E-state index contributed by atoms with van der Waals surface area (Å²) in [6.07, 6.45) is 2.03. The predicted octanol–water partition coefficient (Wildman–Crippen LogP) is 4.27. The molecule has 4 aliphatic heterocycles. The van der Waals surface area contributed by atoms with E-state index in [4.69, 9.17) is 9.47 Å². The van der Waals surface area contributed by atoms with Gasteiger partial charge in [0.2, 0.25) is 12.7 Å². The Morgan fingerprint density at radius 3 is 2.52 bits per heavy atom. The summed E-state index contributed by atoms with van der Waals surface area (Å²) in [6.45, 7) is 6.05. The second-order valence-electron chi connectivity index (χ2n) is 12.7. The molecule has 9 heteroatoms. The van der Waals surface area contributed by atoms with Gasteiger partial charge in [-0.1, -0.05) is 36.4 Å². The smallest absolute Gasteiger partial charge is 0.231 e. The summed E-state index contributed by atoms with van der Waals surface area (Å²) < 4.78 is 11.8. The highest BCUT2D eigenvalue weighted by Gasteiger charge is 2.56. The van der Waals surface area contributed by atoms with Gasteiger partial charge in [0.25, 0.3) is 0 Å². The Morgan fingerprint density at radius 2 is 1.77 bits per heavy atom. The molecule has 3 N–H and O–H groups in total. The predicted molar refractivity (Wildman–Crippen MR) is 164 cm³/mol. The Balaban J connectivity index is 1.33. The van der Waals surface area contributed by atoms with Crippen LogP contribution in [0.3, 0.4) is 0 Å². The highest BCUT2D eigenvalue weighted by Crippen LogP contribution is 2.57. The fourth-order valence-corrected chi connectivity index (χ4v) is 8.11. The highest BCUT2D eigenvalue weighted by atomic mass is 16.7. The van der Waals surface area contributed by atoms with E-state index in [2.05, 4.69) is 27.3 Å². The molecule has 4 aliphatic rings. The van der Waals surface area contributed by atoms with Crippen LogP contribution in [0.25, 0.3) is 0 Å². The van der Waals surface area contributed by atoms with Crippen molar-refractivity contribution in [3.8, 4) is 29.1 Å². The lowest BCUT2D eigenvalue weighted by molar-refractivity contribution is -0.122. The molecule has 5 atom stereocenters. The number of hydrogen-bond acceptors (Lipinski definition) is 8. The molecule has 0 radical (unpaired) electrons. The summed E-state index contributed by atoms with van der Waals surface area (Å²) in [7, 11) is 2.04. The first-order chi connectivity index (χ1) is 21.2. The molecule has 1 amide bonds. The zero-order valence-electron chi connectivity index (χ0n) is 25.6. The molecule has 0 spiro atoms. The molecule has 7 rings (SSSR count). The summed E-state index contributed by atoms with van der Waals surface area (Å²) >= 11 is 0. The number of fused-ring (bicyclic) bond motifs is 9. The van der Waals surface area contributed by atoms with Crippen molar-refractivity contribution in [3.63, 3.8) is 0 Å². The topological polar surface area (TPSA) is 118 Å². The number of amides is 1. The maximum Gasteiger partial charge on any atom is 0.231 e. The molecule has 0 aliphatic carbocycles. The number of aryl methyl sites for hydroxylation is 2. The van der Waals surface area contributed by atoms with Crippen LogP contribution in [0, 0.1) is 32.1 Å². The fraction of sp³-hybridized carbons (Fsp3) is 0.429. The standard InChI is InChI=1S/C35H38N4O5/c1-18-12-22-13-24-26(15-36)39-25(31(38(24)4)29(22)33(42)19(18)2)14-23-30(35-34(43-17-44-35)20(3)32(23)41)27(39)16-37-28(40)11-10-21-8-6-5-7-9-21/h5-9,12,24-27,31,41-42H,10-11,13-14,16-17H2,1-4H3,(H,37,40)/t24-,25?,26+,27+,31+/m1/s1. The first-order valence-electron chi connectivity index (χ1n) is 15.4. The molecular weight excluding hydrogens is 556 g/mol. The van der Waals surface area contributed by atoms with E-state index < -0.39 is 12.1 Å². The number of nitrogens with one attached hydrogen (secondary N) is 1. The number of carbonyl (C=O) groups is 1. The molecule has 1 fully saturated rings. The van der Waals surface area contributed by atoms with Crippen molar-refractivity contribution in [2.75, 3.05) is 20.4 Å². The summed E-state index contributed by atoms with van der Waals surface area (Å²) in [4.78, 5) is 17.7. The van der Waals surface area contributed by atoms with Crippen LogP contribution in [0.4, 0.5) is 0 Å². The zero-order chi connectivity index (χ0) is 30.9. The van der Waals surface area contributed by atoms with Gasteiger partial charge in [-0.3, -0.25) is 14.6 Å². The molecule has 0 aromatic heterocycles. The summed E-state index contributed by atoms with van der Waals surface area (Å²) in [6, 6.07) is 13.1. The summed E-state index contributed by atoms with van der Waals surface area (Å²) in [5, 5.41) is 37.0. The third-order valence-corrected chi connectivity index (χ3v) is 10.4. The van der Waals surface area contributed by atoms with Gasteiger partial charge in [0.05, 0.1) is 18.2 Å². The Morgan fingerprint density at radius 1 is 1.02 bits per heavy atom. The monoisotopic (exact) mass is 594 g/mol. The van der Waals surface area contributed by atoms with Crippen molar-refractivity contribution in [3.05, 3.63) is 80.9 Å². The number of aromatic hydroxyl groups is 2. The van der Waals surface area contributed by atoms with Crippen LogP contribution in [0.5, 0.6) is 23.0 Å². The van der Waals surface area contributed by atoms with Crippen LogP contribution in [-0.4, -0.2) is 64.4 Å². The van der Waals surface area contributed by atoms with Crippen LogP contribution in [0.15, 0.2) is 36.4 Å². The Labute approximate surface area is 257 Å². The van der Waals surface area contributed by atoms with Gasteiger partial charge in [-0.05, 0) is 69.3 Å². The van der Waals surface area contributed by atoms with Gasteiger partial charge in [-0.15, -0.1) is 0 Å². The lowest BCUT2D eigenvalue weighted by Gasteiger charge is -2.60. The van der Waals surface area contributed by atoms with E-state index in [0.717, 1.165) is 38.9 Å². The van der Waals surface area contributed by atoms with Crippen molar-refractivity contribution in [2.45, 2.75) is 76.7 Å². The van der Waals surface area contributed by atoms with E-state index in [9.17, 15) is 20.3 Å². The van der Waals surface area contributed by atoms with E-state index in [0.29, 0.717) is 48.5 Å². The molecule has 3 aromatic rings. The maximum absolute atomic E-state index is 13.2. The van der Waals surface area contributed by atoms with Gasteiger partial charge in [0.15, 0.2) is 11.5 Å². The average Bonchev–Trinajstić information content (AvgIpc) is 3.51. The third-order valence-electron chi connectivity index (χ3n) is 10.4. The van der Waals surface area contributed by atoms with Crippen molar-refractivity contribution in [1.82, 2.24) is 15.1 Å². The minimum atomic E-state index is -0.501. The molecule has 1 unspecified atom stereocenters. The second-order valence-corrected chi connectivity index (χ2v) is 12.7. The number of hydrogen-bond donors (Lipinski definition) is 3. The van der Waals surface area contributed by atoms with E-state index in [1.165, 1.54) is 0 Å². The maximum atomic E-state index is 13.2. The molecule has 44 heavy (non-hydrogen) atoms. The highest BCUT2D eigenvalue weighted by molar-refractivity contribution is 5.76. The van der Waals surface area contributed by atoms with Gasteiger partial charge in [-0.2, -0.15) is 5.26 Å². The van der Waals surface area contributed by atoms with E-state index in [-0.39, 0.29) is 43.1 Å². The number of carbonyl (C=O) groups excluding carboxylic acids is 1. The van der Waals surface area contributed by atoms with Gasteiger partial charge >= 0.3 is 0 Å². The quantitative estimate of drug-likeness (QED) is 0.401. The lowest BCUT2D eigenvalue weighted by Crippen LogP contribution is -2.68. The van der Waals surface area contributed by atoms with E-state index >= 15 is 0 Å². The average molecular weight is 595 g/mol. The zero-order valence-corrected chi connectivity index (χ0v) is 25.6. The SMILES string of the molecule is Cc1cc2c(c(O)c1C)[C@@H]1C3Cc4c(O)c(C)c5c(c4[C@H](CNC(=O)CCc4ccccc4)N3[C@@H](C#N)[C@@H](C2)N1C)OCO5. The van der Waals surface area contributed by atoms with Gasteiger partial charge in [-0.25, -0.2) is 0 Å². The number of benzene rings is 3. The molecule has 9 nitrogen and oxygen atoms in total. The minimum absolute atomic E-state index is 0.0428. The number of phenols is 2. The van der Waals surface area contributed by atoms with Gasteiger partial charge in [0, 0.05) is 47.3 Å².